The molecule has 0 aromatic heterocycles. The number of methoxy groups -OCH3 is 2. The SMILES string of the molecule is COC(=O)Cc1c(Cl)c(O)cc(O)c1C(=O)OC. The lowest BCUT2D eigenvalue weighted by atomic mass is 10.0. The molecule has 0 aliphatic heterocycles. The minimum Gasteiger partial charge on any atom is -0.507 e. The van der Waals surface area contributed by atoms with E-state index in [-0.39, 0.29) is 22.6 Å². The van der Waals surface area contributed by atoms with Crippen molar-refractivity contribution in [3.63, 3.8) is 0 Å². The van der Waals surface area contributed by atoms with Crippen molar-refractivity contribution >= 4 is 23.5 Å². The van der Waals surface area contributed by atoms with Crippen molar-refractivity contribution in [1.29, 1.82) is 0 Å². The second kappa shape index (κ2) is 5.59. The van der Waals surface area contributed by atoms with E-state index in [1.54, 1.807) is 0 Å². The minimum atomic E-state index is -0.867. The third-order valence-electron chi connectivity index (χ3n) is 2.26. The molecule has 0 saturated carbocycles. The van der Waals surface area contributed by atoms with Gasteiger partial charge in [-0.05, 0) is 0 Å². The summed E-state index contributed by atoms with van der Waals surface area (Å²) in [5, 5.41) is 18.9. The zero-order valence-corrected chi connectivity index (χ0v) is 10.4. The predicted molar refractivity (Wildman–Crippen MR) is 61.8 cm³/mol. The van der Waals surface area contributed by atoms with Crippen LogP contribution in [0, 0.1) is 0 Å². The first kappa shape index (κ1) is 14.1. The highest BCUT2D eigenvalue weighted by Crippen LogP contribution is 2.36. The Morgan fingerprint density at radius 2 is 1.83 bits per heavy atom. The monoisotopic (exact) mass is 274 g/mol. The first-order chi connectivity index (χ1) is 8.42. The summed E-state index contributed by atoms with van der Waals surface area (Å²) in [7, 11) is 2.28. The third kappa shape index (κ3) is 2.65. The number of carbonyl (C=O) groups excluding carboxylic acids is 2. The molecule has 0 radical (unpaired) electrons. The number of halogens is 1. The molecule has 0 saturated heterocycles. The van der Waals surface area contributed by atoms with Gasteiger partial charge >= 0.3 is 11.9 Å². The van der Waals surface area contributed by atoms with E-state index in [0.717, 1.165) is 20.3 Å². The van der Waals surface area contributed by atoms with Crippen LogP contribution in [0.3, 0.4) is 0 Å². The zero-order chi connectivity index (χ0) is 13.9. The Kier molecular flexibility index (Phi) is 4.38. The van der Waals surface area contributed by atoms with E-state index in [1.165, 1.54) is 0 Å². The molecule has 0 bridgehead atoms. The van der Waals surface area contributed by atoms with Gasteiger partial charge in [-0.3, -0.25) is 4.79 Å². The summed E-state index contributed by atoms with van der Waals surface area (Å²) in [6.45, 7) is 0. The van der Waals surface area contributed by atoms with Gasteiger partial charge in [-0.25, -0.2) is 4.79 Å². The Labute approximate surface area is 108 Å². The molecule has 0 fully saturated rings. The number of aromatic hydroxyl groups is 2. The fourth-order valence-electron chi connectivity index (χ4n) is 1.40. The van der Waals surface area contributed by atoms with Gasteiger partial charge in [0.1, 0.15) is 17.1 Å². The largest absolute Gasteiger partial charge is 0.507 e. The van der Waals surface area contributed by atoms with Crippen LogP contribution in [0.2, 0.25) is 5.02 Å². The first-order valence-electron chi connectivity index (χ1n) is 4.80. The summed E-state index contributed by atoms with van der Waals surface area (Å²) in [4.78, 5) is 22.7. The van der Waals surface area contributed by atoms with Crippen molar-refractivity contribution in [3.8, 4) is 11.5 Å². The highest BCUT2D eigenvalue weighted by atomic mass is 35.5. The van der Waals surface area contributed by atoms with Crippen molar-refractivity contribution in [2.45, 2.75) is 6.42 Å². The van der Waals surface area contributed by atoms with Gasteiger partial charge in [0.15, 0.2) is 0 Å². The van der Waals surface area contributed by atoms with Crippen LogP contribution in [0.1, 0.15) is 15.9 Å². The quantitative estimate of drug-likeness (QED) is 0.806. The summed E-state index contributed by atoms with van der Waals surface area (Å²) in [6.07, 6.45) is -0.373. The lowest BCUT2D eigenvalue weighted by Crippen LogP contribution is -2.12. The van der Waals surface area contributed by atoms with E-state index in [4.69, 9.17) is 11.6 Å². The highest BCUT2D eigenvalue weighted by Gasteiger charge is 2.24. The van der Waals surface area contributed by atoms with Crippen LogP contribution in [0.15, 0.2) is 6.07 Å². The fraction of sp³-hybridized carbons (Fsp3) is 0.273. The molecular formula is C11H11ClO6. The average Bonchev–Trinajstić information content (AvgIpc) is 2.34. The van der Waals surface area contributed by atoms with Crippen LogP contribution in [0.4, 0.5) is 0 Å². The number of hydrogen-bond donors (Lipinski definition) is 2. The van der Waals surface area contributed by atoms with Gasteiger partial charge in [0.2, 0.25) is 0 Å². The zero-order valence-electron chi connectivity index (χ0n) is 9.69. The Bertz CT molecular complexity index is 497. The summed E-state index contributed by atoms with van der Waals surface area (Å²) in [5.41, 5.74) is -0.321. The maximum Gasteiger partial charge on any atom is 0.341 e. The first-order valence-corrected chi connectivity index (χ1v) is 5.18. The molecule has 0 aliphatic carbocycles. The van der Waals surface area contributed by atoms with Gasteiger partial charge in [0.05, 0.1) is 25.7 Å². The highest BCUT2D eigenvalue weighted by molar-refractivity contribution is 6.33. The summed E-state index contributed by atoms with van der Waals surface area (Å²) in [5.74, 6) is -2.51. The Balaban J connectivity index is 3.42. The van der Waals surface area contributed by atoms with Gasteiger partial charge in [-0.1, -0.05) is 11.6 Å². The van der Waals surface area contributed by atoms with Crippen LogP contribution in [-0.2, 0) is 20.7 Å². The van der Waals surface area contributed by atoms with Crippen LogP contribution >= 0.6 is 11.6 Å². The van der Waals surface area contributed by atoms with Gasteiger partial charge in [-0.15, -0.1) is 0 Å². The molecule has 7 heteroatoms. The maximum atomic E-state index is 11.5. The lowest BCUT2D eigenvalue weighted by molar-refractivity contribution is -0.139. The van der Waals surface area contributed by atoms with E-state index in [2.05, 4.69) is 9.47 Å². The van der Waals surface area contributed by atoms with Crippen LogP contribution in [0.25, 0.3) is 0 Å². The second-order valence-electron chi connectivity index (χ2n) is 3.33. The van der Waals surface area contributed by atoms with Crippen molar-refractivity contribution in [1.82, 2.24) is 0 Å². The number of ether oxygens (including phenoxy) is 2. The van der Waals surface area contributed by atoms with Crippen molar-refractivity contribution in [3.05, 3.63) is 22.2 Å². The molecule has 0 unspecified atom stereocenters. The smallest absolute Gasteiger partial charge is 0.341 e. The van der Waals surface area contributed by atoms with Crippen LogP contribution in [0.5, 0.6) is 11.5 Å². The minimum absolute atomic E-state index is 0.0483. The average molecular weight is 275 g/mol. The summed E-state index contributed by atoms with van der Waals surface area (Å²) < 4.78 is 8.92. The van der Waals surface area contributed by atoms with Crippen molar-refractivity contribution in [2.75, 3.05) is 14.2 Å². The van der Waals surface area contributed by atoms with Gasteiger partial charge in [0, 0.05) is 11.6 Å². The maximum absolute atomic E-state index is 11.5. The molecule has 0 aliphatic rings. The lowest BCUT2D eigenvalue weighted by Gasteiger charge is -2.12. The normalized spacial score (nSPS) is 9.94. The van der Waals surface area contributed by atoms with E-state index in [9.17, 15) is 19.8 Å². The Morgan fingerprint density at radius 3 is 2.33 bits per heavy atom. The fourth-order valence-corrected chi connectivity index (χ4v) is 1.61. The number of phenols is 2. The molecule has 6 nitrogen and oxygen atoms in total. The molecule has 0 heterocycles. The molecule has 18 heavy (non-hydrogen) atoms. The molecule has 1 aromatic carbocycles. The number of esters is 2. The Morgan fingerprint density at radius 1 is 1.22 bits per heavy atom. The van der Waals surface area contributed by atoms with Crippen molar-refractivity contribution in [2.24, 2.45) is 0 Å². The molecule has 0 amide bonds. The summed E-state index contributed by atoms with van der Waals surface area (Å²) in [6, 6.07) is 0.898. The van der Waals surface area contributed by atoms with E-state index in [0.29, 0.717) is 0 Å². The summed E-state index contributed by atoms with van der Waals surface area (Å²) >= 11 is 5.80. The van der Waals surface area contributed by atoms with Crippen molar-refractivity contribution < 1.29 is 29.3 Å². The predicted octanol–water partition coefficient (Wildman–Crippen LogP) is 1.25. The van der Waals surface area contributed by atoms with E-state index < -0.39 is 23.4 Å². The van der Waals surface area contributed by atoms with Crippen LogP contribution < -0.4 is 0 Å². The molecule has 0 spiro atoms. The standard InChI is InChI=1S/C11H11ClO6/c1-17-8(15)3-5-9(11(16)18-2)6(13)4-7(14)10(5)12/h4,13-14H,3H2,1-2H3. The second-order valence-corrected chi connectivity index (χ2v) is 3.70. The third-order valence-corrected chi connectivity index (χ3v) is 2.68. The molecule has 0 atom stereocenters. The van der Waals surface area contributed by atoms with Gasteiger partial charge in [-0.2, -0.15) is 0 Å². The number of phenolic OH excluding ortho intramolecular Hbond substituents is 2. The molecular weight excluding hydrogens is 264 g/mol. The van der Waals surface area contributed by atoms with Crippen LogP contribution in [-0.4, -0.2) is 36.4 Å². The molecule has 2 N–H and O–H groups in total. The molecule has 1 rings (SSSR count). The Hall–Kier alpha value is -1.95. The number of hydrogen-bond acceptors (Lipinski definition) is 6. The van der Waals surface area contributed by atoms with E-state index >= 15 is 0 Å². The number of rotatable bonds is 3. The molecule has 1 aromatic rings. The van der Waals surface area contributed by atoms with E-state index in [1.807, 2.05) is 0 Å². The van der Waals surface area contributed by atoms with Gasteiger partial charge in [0.25, 0.3) is 0 Å². The van der Waals surface area contributed by atoms with Gasteiger partial charge < -0.3 is 19.7 Å². The topological polar surface area (TPSA) is 93.1 Å². The number of carbonyl (C=O) groups is 2. The molecule has 98 valence electrons. The number of benzene rings is 1.